The zero-order valence-electron chi connectivity index (χ0n) is 25.7. The quantitative estimate of drug-likeness (QED) is 0.194. The minimum atomic E-state index is 0.0416. The van der Waals surface area contributed by atoms with Crippen molar-refractivity contribution in [1.82, 2.24) is 0 Å². The molecule has 0 atom stereocenters. The van der Waals surface area contributed by atoms with Crippen LogP contribution in [0.5, 0.6) is 0 Å². The third-order valence-electron chi connectivity index (χ3n) is 8.68. The Kier molecular flexibility index (Phi) is 7.41. The first-order chi connectivity index (χ1) is 20.2. The molecule has 0 unspecified atom stereocenters. The Hall–Kier alpha value is -4.30. The van der Waals surface area contributed by atoms with Gasteiger partial charge in [0.05, 0.1) is 0 Å². The van der Waals surface area contributed by atoms with Gasteiger partial charge in [-0.25, -0.2) is 0 Å². The fourth-order valence-corrected chi connectivity index (χ4v) is 6.08. The summed E-state index contributed by atoms with van der Waals surface area (Å²) in [5.41, 5.74) is 14.0. The Morgan fingerprint density at radius 3 is 2.14 bits per heavy atom. The van der Waals surface area contributed by atoms with Gasteiger partial charge in [-0.3, -0.25) is 0 Å². The average molecular weight is 551 g/mol. The number of aryl methyl sites for hydroxylation is 2. The first-order valence-electron chi connectivity index (χ1n) is 15.2. The molecular weight excluding hydrogens is 508 g/mol. The zero-order valence-corrected chi connectivity index (χ0v) is 25.7. The van der Waals surface area contributed by atoms with Crippen LogP contribution in [0.1, 0.15) is 62.8 Å². The van der Waals surface area contributed by atoms with E-state index in [1.165, 1.54) is 55.9 Å². The normalized spacial score (nSPS) is 13.3. The Balaban J connectivity index is 1.61. The van der Waals surface area contributed by atoms with Crippen LogP contribution < -0.4 is 9.13 Å². The number of pyridine rings is 2. The van der Waals surface area contributed by atoms with Crippen molar-refractivity contribution in [2.75, 3.05) is 0 Å². The van der Waals surface area contributed by atoms with Crippen LogP contribution in [0.4, 0.5) is 0 Å². The molecule has 3 heterocycles. The maximum absolute atomic E-state index is 4.69. The van der Waals surface area contributed by atoms with Gasteiger partial charge >= 0.3 is 0 Å². The van der Waals surface area contributed by atoms with E-state index in [4.69, 9.17) is 6.58 Å². The molecule has 2 heteroatoms. The van der Waals surface area contributed by atoms with Crippen molar-refractivity contribution in [2.45, 2.75) is 65.3 Å². The summed E-state index contributed by atoms with van der Waals surface area (Å²) < 4.78 is 4.74. The first kappa shape index (κ1) is 27.8. The molecule has 0 bridgehead atoms. The van der Waals surface area contributed by atoms with E-state index < -0.39 is 0 Å². The lowest BCUT2D eigenvalue weighted by molar-refractivity contribution is -0.698. The summed E-state index contributed by atoms with van der Waals surface area (Å²) in [5, 5.41) is 0. The van der Waals surface area contributed by atoms with Crippen molar-refractivity contribution in [3.05, 3.63) is 138 Å². The van der Waals surface area contributed by atoms with Crippen molar-refractivity contribution in [1.29, 1.82) is 0 Å². The number of rotatable bonds is 2. The molecule has 1 aliphatic heterocycles. The molecule has 0 aliphatic carbocycles. The fourth-order valence-electron chi connectivity index (χ4n) is 6.08. The van der Waals surface area contributed by atoms with Crippen LogP contribution >= 0.6 is 0 Å². The van der Waals surface area contributed by atoms with Gasteiger partial charge in [-0.15, -0.1) is 0 Å². The van der Waals surface area contributed by atoms with Crippen LogP contribution in [-0.2, 0) is 24.8 Å². The molecule has 42 heavy (non-hydrogen) atoms. The predicted molar refractivity (Wildman–Crippen MR) is 175 cm³/mol. The number of allylic oxidation sites excluding steroid dienone is 1. The number of aromatic nitrogens is 2. The van der Waals surface area contributed by atoms with Crippen molar-refractivity contribution >= 4 is 5.70 Å². The van der Waals surface area contributed by atoms with E-state index in [2.05, 4.69) is 153 Å². The zero-order chi connectivity index (χ0) is 29.4. The predicted octanol–water partition coefficient (Wildman–Crippen LogP) is 8.95. The molecule has 0 N–H and O–H groups in total. The minimum Gasteiger partial charge on any atom is -0.188 e. The highest BCUT2D eigenvalue weighted by atomic mass is 15.1. The molecule has 0 fully saturated rings. The van der Waals surface area contributed by atoms with Gasteiger partial charge in [-0.1, -0.05) is 95.3 Å². The Labute approximate surface area is 251 Å². The summed E-state index contributed by atoms with van der Waals surface area (Å²) in [6, 6.07) is 36.0. The summed E-state index contributed by atoms with van der Waals surface area (Å²) >= 11 is 0. The van der Waals surface area contributed by atoms with E-state index in [9.17, 15) is 0 Å². The van der Waals surface area contributed by atoms with E-state index in [-0.39, 0.29) is 5.41 Å². The highest BCUT2D eigenvalue weighted by Gasteiger charge is 2.28. The molecular formula is C40H42N2+2. The monoisotopic (exact) mass is 550 g/mol. The molecule has 0 saturated heterocycles. The molecule has 210 valence electrons. The smallest absolute Gasteiger partial charge is 0.188 e. The van der Waals surface area contributed by atoms with Gasteiger partial charge in [0.15, 0.2) is 12.4 Å². The molecule has 1 aliphatic rings. The van der Waals surface area contributed by atoms with Crippen LogP contribution in [0.15, 0.2) is 116 Å². The van der Waals surface area contributed by atoms with Gasteiger partial charge < -0.3 is 0 Å². The Morgan fingerprint density at radius 1 is 0.690 bits per heavy atom. The summed E-state index contributed by atoms with van der Waals surface area (Å²) in [4.78, 5) is 0. The van der Waals surface area contributed by atoms with Crippen LogP contribution in [0.3, 0.4) is 0 Å². The second kappa shape index (κ2) is 11.2. The first-order valence-corrected chi connectivity index (χ1v) is 15.2. The van der Waals surface area contributed by atoms with Gasteiger partial charge in [0.2, 0.25) is 23.6 Å². The number of hydrogen-bond donors (Lipinski definition) is 0. The van der Waals surface area contributed by atoms with Crippen molar-refractivity contribution in [3.63, 3.8) is 0 Å². The standard InChI is InChI=1S/C40H42N2/c1-28(2)34-20-21-38-36-15-11-10-14-31(36)16-17-32-18-19-33(30-12-8-7-9-13-30)24-37(32)39-25-35(40(4,5)6)22-23-41(39)26-29(3)42(38)27-34/h7-15,18-25,27-28H,3,16-17,26H2,1-2,4-6H3/q+2. The topological polar surface area (TPSA) is 7.76 Å². The van der Waals surface area contributed by atoms with E-state index in [1.807, 2.05) is 0 Å². The van der Waals surface area contributed by atoms with Gasteiger partial charge in [-0.05, 0) is 76.8 Å². The lowest BCUT2D eigenvalue weighted by Gasteiger charge is -2.20. The van der Waals surface area contributed by atoms with E-state index in [0.29, 0.717) is 12.5 Å². The maximum atomic E-state index is 4.69. The van der Waals surface area contributed by atoms with Gasteiger partial charge in [0.25, 0.3) is 0 Å². The minimum absolute atomic E-state index is 0.0416. The summed E-state index contributed by atoms with van der Waals surface area (Å²) in [6.07, 6.45) is 6.50. The van der Waals surface area contributed by atoms with Crippen LogP contribution in [-0.4, -0.2) is 0 Å². The third-order valence-corrected chi connectivity index (χ3v) is 8.68. The molecule has 0 amide bonds. The maximum Gasteiger partial charge on any atom is 0.246 e. The number of fused-ring (bicyclic) bond motifs is 6. The molecule has 2 aromatic heterocycles. The average Bonchev–Trinajstić information content (AvgIpc) is 2.99. The molecule has 0 radical (unpaired) electrons. The van der Waals surface area contributed by atoms with Crippen LogP contribution in [0, 0.1) is 0 Å². The molecule has 0 spiro atoms. The summed E-state index contributed by atoms with van der Waals surface area (Å²) in [5.74, 6) is 0.435. The largest absolute Gasteiger partial charge is 0.246 e. The second-order valence-corrected chi connectivity index (χ2v) is 13.0. The van der Waals surface area contributed by atoms with Crippen molar-refractivity contribution in [2.24, 2.45) is 0 Å². The summed E-state index contributed by atoms with van der Waals surface area (Å²) in [7, 11) is 0. The van der Waals surface area contributed by atoms with Crippen molar-refractivity contribution in [3.8, 4) is 33.6 Å². The molecule has 0 saturated carbocycles. The number of hydrogen-bond acceptors (Lipinski definition) is 0. The van der Waals surface area contributed by atoms with Crippen LogP contribution in [0.25, 0.3) is 39.3 Å². The number of benzene rings is 3. The van der Waals surface area contributed by atoms with E-state index in [0.717, 1.165) is 18.5 Å². The lowest BCUT2D eigenvalue weighted by Crippen LogP contribution is -2.45. The van der Waals surface area contributed by atoms with Gasteiger partial charge in [-0.2, -0.15) is 9.13 Å². The highest BCUT2D eigenvalue weighted by molar-refractivity contribution is 5.73. The summed E-state index contributed by atoms with van der Waals surface area (Å²) in [6.45, 7) is 16.8. The molecule has 6 rings (SSSR count). The fraction of sp³-hybridized carbons (Fsp3) is 0.250. The lowest BCUT2D eigenvalue weighted by atomic mass is 9.85. The Bertz CT molecular complexity index is 1770. The third kappa shape index (κ3) is 5.46. The molecule has 5 aromatic rings. The van der Waals surface area contributed by atoms with E-state index in [1.54, 1.807) is 0 Å². The highest BCUT2D eigenvalue weighted by Crippen LogP contribution is 2.33. The van der Waals surface area contributed by atoms with E-state index >= 15 is 0 Å². The van der Waals surface area contributed by atoms with Gasteiger partial charge in [0.1, 0.15) is 0 Å². The SMILES string of the molecule is C=C1C[n+]2ccc(C(C)(C)C)cc2-c2cc(-c3ccccc3)ccc2CCc2ccccc2-c2ccc(C(C)C)c[n+]21. The van der Waals surface area contributed by atoms with Crippen LogP contribution in [0.2, 0.25) is 0 Å². The Morgan fingerprint density at radius 2 is 1.40 bits per heavy atom. The number of nitrogens with zero attached hydrogens (tertiary/aromatic N) is 2. The molecule has 3 aromatic carbocycles. The van der Waals surface area contributed by atoms with Gasteiger partial charge in [0, 0.05) is 34.9 Å². The molecule has 2 nitrogen and oxygen atoms in total. The van der Waals surface area contributed by atoms with Crippen molar-refractivity contribution < 1.29 is 9.13 Å². The second-order valence-electron chi connectivity index (χ2n) is 13.0.